The molecule has 2 N–H and O–H groups in total. The fourth-order valence-corrected chi connectivity index (χ4v) is 6.57. The number of ether oxygens (including phenoxy) is 2. The Labute approximate surface area is 252 Å². The van der Waals surface area contributed by atoms with Crippen molar-refractivity contribution in [3.63, 3.8) is 0 Å². The van der Waals surface area contributed by atoms with Crippen molar-refractivity contribution in [2.75, 3.05) is 37.4 Å². The predicted octanol–water partition coefficient (Wildman–Crippen LogP) is 4.96. The number of benzene rings is 2. The standard InChI is InChI=1S/C32H32F3N5O4/c1-39(2)18-4-3-13-40(16-18)23-8-5-17(14-22(23)32(33,34)35)31(42)38-28-27-21-15-19(6-9-24(21)44-29(27)28)43-25-11-12-36-30-20(25)7-10-26(41)37-30/h5-6,8-9,11-12,14-15,18,27-29H,3-4,7,10,13,16H2,1-2H3,(H,38,42)(H,36,37,41)/t18-,27-,28-,29?/m0/s1. The summed E-state index contributed by atoms with van der Waals surface area (Å²) in [5.74, 6) is 1.53. The number of piperidine rings is 1. The van der Waals surface area contributed by atoms with Crippen LogP contribution in [0.3, 0.4) is 0 Å². The maximum absolute atomic E-state index is 14.2. The summed E-state index contributed by atoms with van der Waals surface area (Å²) in [4.78, 5) is 33.0. The SMILES string of the molecule is CN(C)[C@H]1CCCN(c2ccc(C(=O)N[C@@H]3C4Oc5ccc(Oc6ccnc7c6CCC(=O)N7)cc5[C@H]43)cc2C(F)(F)F)C1. The molecule has 4 aliphatic rings. The molecule has 1 saturated carbocycles. The van der Waals surface area contributed by atoms with Gasteiger partial charge >= 0.3 is 6.18 Å². The minimum Gasteiger partial charge on any atom is -0.487 e. The fourth-order valence-electron chi connectivity index (χ4n) is 6.57. The number of rotatable bonds is 6. The zero-order valence-corrected chi connectivity index (χ0v) is 24.3. The van der Waals surface area contributed by atoms with Gasteiger partial charge in [0.1, 0.15) is 29.2 Å². The number of anilines is 2. The van der Waals surface area contributed by atoms with Crippen LogP contribution in [0.1, 0.15) is 52.2 Å². The van der Waals surface area contributed by atoms with Gasteiger partial charge in [-0.3, -0.25) is 9.59 Å². The molecule has 2 aromatic carbocycles. The van der Waals surface area contributed by atoms with Crippen LogP contribution in [0.15, 0.2) is 48.7 Å². The molecule has 3 aromatic rings. The van der Waals surface area contributed by atoms with Crippen LogP contribution in [0.2, 0.25) is 0 Å². The molecular weight excluding hydrogens is 575 g/mol. The molecule has 0 bridgehead atoms. The molecule has 2 fully saturated rings. The van der Waals surface area contributed by atoms with E-state index in [0.29, 0.717) is 49.0 Å². The van der Waals surface area contributed by atoms with Crippen molar-refractivity contribution in [2.45, 2.75) is 56.0 Å². The molecule has 4 atom stereocenters. The van der Waals surface area contributed by atoms with Gasteiger partial charge in [-0.15, -0.1) is 0 Å². The van der Waals surface area contributed by atoms with Crippen LogP contribution in [0.5, 0.6) is 17.2 Å². The zero-order chi connectivity index (χ0) is 30.7. The van der Waals surface area contributed by atoms with Crippen LogP contribution in [-0.2, 0) is 17.4 Å². The van der Waals surface area contributed by atoms with E-state index in [1.807, 2.05) is 25.1 Å². The number of nitrogens with zero attached hydrogens (tertiary/aromatic N) is 3. The Bertz CT molecular complexity index is 1640. The van der Waals surface area contributed by atoms with Gasteiger partial charge in [-0.25, -0.2) is 4.98 Å². The highest BCUT2D eigenvalue weighted by Crippen LogP contribution is 2.55. The summed E-state index contributed by atoms with van der Waals surface area (Å²) < 4.78 is 54.8. The molecule has 1 aromatic heterocycles. The number of alkyl halides is 3. The molecule has 4 heterocycles. The highest BCUT2D eigenvalue weighted by atomic mass is 19.4. The van der Waals surface area contributed by atoms with Gasteiger partial charge in [0.2, 0.25) is 5.91 Å². The van der Waals surface area contributed by atoms with Crippen molar-refractivity contribution < 1.29 is 32.2 Å². The minimum absolute atomic E-state index is 0.0425. The summed E-state index contributed by atoms with van der Waals surface area (Å²) in [6, 6.07) is 10.8. The molecule has 44 heavy (non-hydrogen) atoms. The molecule has 9 nitrogen and oxygen atoms in total. The first-order chi connectivity index (χ1) is 21.1. The largest absolute Gasteiger partial charge is 0.487 e. The molecule has 230 valence electrons. The van der Waals surface area contributed by atoms with E-state index in [1.54, 1.807) is 29.3 Å². The predicted molar refractivity (Wildman–Crippen MR) is 156 cm³/mol. The molecule has 12 heteroatoms. The second-order valence-electron chi connectivity index (χ2n) is 12.0. The van der Waals surface area contributed by atoms with Crippen molar-refractivity contribution in [3.8, 4) is 17.2 Å². The van der Waals surface area contributed by atoms with Crippen LogP contribution >= 0.6 is 0 Å². The summed E-state index contributed by atoms with van der Waals surface area (Å²) in [5, 5.41) is 5.65. The number of hydrogen-bond donors (Lipinski definition) is 2. The Balaban J connectivity index is 1.06. The first kappa shape index (κ1) is 28.5. The number of hydrogen-bond acceptors (Lipinski definition) is 7. The van der Waals surface area contributed by atoms with E-state index in [2.05, 4.69) is 15.6 Å². The van der Waals surface area contributed by atoms with Gasteiger partial charge in [-0.1, -0.05) is 0 Å². The quantitative estimate of drug-likeness (QED) is 0.409. The molecule has 2 amide bonds. The van der Waals surface area contributed by atoms with E-state index < -0.39 is 17.6 Å². The molecule has 7 rings (SSSR count). The van der Waals surface area contributed by atoms with Gasteiger partial charge in [-0.05, 0) is 75.8 Å². The lowest BCUT2D eigenvalue weighted by Crippen LogP contribution is -2.45. The number of aromatic nitrogens is 1. The van der Waals surface area contributed by atoms with Gasteiger partial charge in [-0.2, -0.15) is 13.2 Å². The monoisotopic (exact) mass is 607 g/mol. The van der Waals surface area contributed by atoms with Crippen LogP contribution < -0.4 is 25.0 Å². The number of fused-ring (bicyclic) bond motifs is 4. The molecule has 3 aliphatic heterocycles. The summed E-state index contributed by atoms with van der Waals surface area (Å²) >= 11 is 0. The first-order valence-electron chi connectivity index (χ1n) is 14.8. The van der Waals surface area contributed by atoms with Gasteiger partial charge < -0.3 is 29.9 Å². The van der Waals surface area contributed by atoms with Crippen LogP contribution in [-0.4, -0.2) is 67.1 Å². The van der Waals surface area contributed by atoms with E-state index in [4.69, 9.17) is 9.47 Å². The van der Waals surface area contributed by atoms with Crippen molar-refractivity contribution in [1.82, 2.24) is 15.2 Å². The number of nitrogens with one attached hydrogen (secondary N) is 2. The summed E-state index contributed by atoms with van der Waals surface area (Å²) in [5.41, 5.74) is 0.939. The minimum atomic E-state index is -4.61. The smallest absolute Gasteiger partial charge is 0.418 e. The Morgan fingerprint density at radius 1 is 1.16 bits per heavy atom. The van der Waals surface area contributed by atoms with E-state index in [9.17, 15) is 22.8 Å². The van der Waals surface area contributed by atoms with E-state index in [-0.39, 0.29) is 41.3 Å². The number of pyridine rings is 1. The Hall–Kier alpha value is -4.32. The van der Waals surface area contributed by atoms with Crippen molar-refractivity contribution in [3.05, 3.63) is 70.9 Å². The van der Waals surface area contributed by atoms with E-state index >= 15 is 0 Å². The van der Waals surface area contributed by atoms with Gasteiger partial charge in [0, 0.05) is 54.1 Å². The van der Waals surface area contributed by atoms with Crippen molar-refractivity contribution in [2.24, 2.45) is 0 Å². The third kappa shape index (κ3) is 5.21. The third-order valence-electron chi connectivity index (χ3n) is 8.99. The van der Waals surface area contributed by atoms with Crippen molar-refractivity contribution in [1.29, 1.82) is 0 Å². The molecule has 1 saturated heterocycles. The normalized spacial score (nSPS) is 23.7. The van der Waals surface area contributed by atoms with Gasteiger partial charge in [0.05, 0.1) is 17.5 Å². The van der Waals surface area contributed by atoms with E-state index in [0.717, 1.165) is 30.0 Å². The highest BCUT2D eigenvalue weighted by Gasteiger charge is 2.59. The second kappa shape index (κ2) is 10.7. The summed E-state index contributed by atoms with van der Waals surface area (Å²) in [7, 11) is 3.87. The van der Waals surface area contributed by atoms with Crippen molar-refractivity contribution >= 4 is 23.3 Å². The lowest BCUT2D eigenvalue weighted by atomic mass is 10.0. The Morgan fingerprint density at radius 2 is 2.00 bits per heavy atom. The number of halogens is 3. The molecule has 0 spiro atoms. The molecule has 1 unspecified atom stereocenters. The lowest BCUT2D eigenvalue weighted by molar-refractivity contribution is -0.137. The van der Waals surface area contributed by atoms with Gasteiger partial charge in [0.15, 0.2) is 0 Å². The zero-order valence-electron chi connectivity index (χ0n) is 24.3. The average Bonchev–Trinajstić information content (AvgIpc) is 3.52. The summed E-state index contributed by atoms with van der Waals surface area (Å²) in [6.07, 6.45) is -0.745. The number of carbonyl (C=O) groups is 2. The topological polar surface area (TPSA) is 96.0 Å². The average molecular weight is 608 g/mol. The fraction of sp³-hybridized carbons (Fsp3) is 0.406. The number of carbonyl (C=O) groups excluding carboxylic acids is 2. The molecular formula is C32H32F3N5O4. The maximum atomic E-state index is 14.2. The van der Waals surface area contributed by atoms with Crippen LogP contribution in [0.4, 0.5) is 24.7 Å². The first-order valence-corrected chi connectivity index (χ1v) is 14.8. The molecule has 1 aliphatic carbocycles. The van der Waals surface area contributed by atoms with Crippen LogP contribution in [0, 0.1) is 0 Å². The Kier molecular flexibility index (Phi) is 6.91. The third-order valence-corrected chi connectivity index (χ3v) is 8.99. The highest BCUT2D eigenvalue weighted by molar-refractivity contribution is 5.96. The molecule has 0 radical (unpaired) electrons. The number of likely N-dealkylation sites (N-methyl/N-ethyl adjacent to an activating group) is 1. The van der Waals surface area contributed by atoms with E-state index in [1.165, 1.54) is 12.1 Å². The van der Waals surface area contributed by atoms with Crippen LogP contribution in [0.25, 0.3) is 0 Å². The Morgan fingerprint density at radius 3 is 2.80 bits per heavy atom. The summed E-state index contributed by atoms with van der Waals surface area (Å²) in [6.45, 7) is 1.03. The van der Waals surface area contributed by atoms with Gasteiger partial charge in [0.25, 0.3) is 5.91 Å². The number of amides is 2. The maximum Gasteiger partial charge on any atom is 0.418 e. The second-order valence-corrected chi connectivity index (χ2v) is 12.0. The lowest BCUT2D eigenvalue weighted by Gasteiger charge is -2.38.